The highest BCUT2D eigenvalue weighted by Crippen LogP contribution is 2.40. The van der Waals surface area contributed by atoms with Gasteiger partial charge < -0.3 is 14.2 Å². The summed E-state index contributed by atoms with van der Waals surface area (Å²) < 4.78 is 17.3. The number of ether oxygens (including phenoxy) is 3. The van der Waals surface area contributed by atoms with E-state index in [9.17, 15) is 0 Å². The van der Waals surface area contributed by atoms with Crippen LogP contribution in [0.4, 0.5) is 0 Å². The van der Waals surface area contributed by atoms with Crippen LogP contribution in [0.15, 0.2) is 24.3 Å². The molecule has 1 saturated heterocycles. The fraction of sp³-hybridized carbons (Fsp3) is 0.625. The number of hydrazine groups is 1. The van der Waals surface area contributed by atoms with Crippen LogP contribution in [0.25, 0.3) is 0 Å². The predicted molar refractivity (Wildman–Crippen MR) is 82.1 cm³/mol. The first-order valence-corrected chi connectivity index (χ1v) is 7.47. The van der Waals surface area contributed by atoms with Crippen LogP contribution in [-0.4, -0.2) is 32.0 Å². The van der Waals surface area contributed by atoms with Gasteiger partial charge in [-0.3, -0.25) is 5.84 Å². The minimum Gasteiger partial charge on any atom is -0.491 e. The van der Waals surface area contributed by atoms with E-state index in [1.54, 1.807) is 7.11 Å². The van der Waals surface area contributed by atoms with Crippen molar-refractivity contribution in [3.05, 3.63) is 29.8 Å². The van der Waals surface area contributed by atoms with Crippen LogP contribution in [-0.2, 0) is 9.47 Å². The van der Waals surface area contributed by atoms with E-state index < -0.39 is 0 Å². The second-order valence-electron chi connectivity index (χ2n) is 5.69. The molecule has 1 aliphatic rings. The molecule has 0 saturated carbocycles. The van der Waals surface area contributed by atoms with Gasteiger partial charge in [0.15, 0.2) is 0 Å². The summed E-state index contributed by atoms with van der Waals surface area (Å²) in [6.45, 7) is 5.39. The highest BCUT2D eigenvalue weighted by Gasteiger charge is 2.42. The van der Waals surface area contributed by atoms with Gasteiger partial charge in [-0.1, -0.05) is 18.2 Å². The van der Waals surface area contributed by atoms with Crippen molar-refractivity contribution in [2.24, 2.45) is 5.84 Å². The zero-order valence-electron chi connectivity index (χ0n) is 13.1. The Morgan fingerprint density at radius 2 is 1.90 bits per heavy atom. The van der Waals surface area contributed by atoms with E-state index in [2.05, 4.69) is 5.43 Å². The second-order valence-corrected chi connectivity index (χ2v) is 5.69. The summed E-state index contributed by atoms with van der Waals surface area (Å²) >= 11 is 0. The van der Waals surface area contributed by atoms with Crippen molar-refractivity contribution in [2.75, 3.05) is 20.3 Å². The molecule has 0 aromatic heterocycles. The predicted octanol–water partition coefficient (Wildman–Crippen LogP) is 2.17. The topological polar surface area (TPSA) is 65.7 Å². The van der Waals surface area contributed by atoms with Gasteiger partial charge in [-0.25, -0.2) is 5.43 Å². The Balaban J connectivity index is 2.36. The third kappa shape index (κ3) is 3.55. The molecule has 0 amide bonds. The lowest BCUT2D eigenvalue weighted by molar-refractivity contribution is -0.112. The molecule has 1 aliphatic heterocycles. The number of nitrogens with one attached hydrogen (secondary N) is 1. The first-order valence-electron chi connectivity index (χ1n) is 7.47. The molecule has 118 valence electrons. The van der Waals surface area contributed by atoms with Gasteiger partial charge in [-0.15, -0.1) is 0 Å². The molecule has 1 atom stereocenters. The first-order chi connectivity index (χ1) is 10.1. The van der Waals surface area contributed by atoms with Gasteiger partial charge >= 0.3 is 0 Å². The van der Waals surface area contributed by atoms with E-state index in [0.717, 1.165) is 24.2 Å². The molecule has 0 bridgehead atoms. The molecule has 21 heavy (non-hydrogen) atoms. The summed E-state index contributed by atoms with van der Waals surface area (Å²) in [6.07, 6.45) is 1.71. The van der Waals surface area contributed by atoms with Crippen LogP contribution in [0.3, 0.4) is 0 Å². The lowest BCUT2D eigenvalue weighted by atomic mass is 9.82. The second kappa shape index (κ2) is 7.22. The average molecular weight is 294 g/mol. The van der Waals surface area contributed by atoms with Crippen molar-refractivity contribution in [2.45, 2.75) is 44.4 Å². The van der Waals surface area contributed by atoms with Crippen molar-refractivity contribution in [3.8, 4) is 5.75 Å². The number of para-hydroxylation sites is 1. The molecular formula is C16H26N2O3. The fourth-order valence-electron chi connectivity index (χ4n) is 2.93. The maximum absolute atomic E-state index is 5.93. The summed E-state index contributed by atoms with van der Waals surface area (Å²) in [5, 5.41) is 0. The van der Waals surface area contributed by atoms with Gasteiger partial charge in [0.25, 0.3) is 0 Å². The quantitative estimate of drug-likeness (QED) is 0.622. The normalized spacial score (nSPS) is 19.5. The molecule has 1 heterocycles. The van der Waals surface area contributed by atoms with Gasteiger partial charge in [0.2, 0.25) is 0 Å². The van der Waals surface area contributed by atoms with Crippen LogP contribution >= 0.6 is 0 Å². The molecular weight excluding hydrogens is 268 g/mol. The Kier molecular flexibility index (Phi) is 5.58. The number of nitrogens with two attached hydrogens (primary N) is 1. The molecule has 0 spiro atoms. The molecule has 2 rings (SSSR count). The van der Waals surface area contributed by atoms with E-state index in [1.807, 2.05) is 38.1 Å². The van der Waals surface area contributed by atoms with Gasteiger partial charge in [0.05, 0.1) is 17.7 Å². The van der Waals surface area contributed by atoms with Gasteiger partial charge in [-0.2, -0.15) is 0 Å². The number of rotatable bonds is 6. The fourth-order valence-corrected chi connectivity index (χ4v) is 2.93. The molecule has 1 unspecified atom stereocenters. The van der Waals surface area contributed by atoms with Crippen LogP contribution in [0.1, 0.15) is 38.3 Å². The van der Waals surface area contributed by atoms with Crippen LogP contribution < -0.4 is 16.0 Å². The van der Waals surface area contributed by atoms with Crippen molar-refractivity contribution in [1.82, 2.24) is 5.43 Å². The van der Waals surface area contributed by atoms with E-state index in [-0.39, 0.29) is 17.7 Å². The Bertz CT molecular complexity index is 445. The molecule has 3 N–H and O–H groups in total. The molecule has 1 aromatic rings. The van der Waals surface area contributed by atoms with Crippen molar-refractivity contribution in [3.63, 3.8) is 0 Å². The van der Waals surface area contributed by atoms with E-state index in [0.29, 0.717) is 13.2 Å². The van der Waals surface area contributed by atoms with Crippen LogP contribution in [0.5, 0.6) is 5.75 Å². The van der Waals surface area contributed by atoms with E-state index >= 15 is 0 Å². The Hall–Kier alpha value is -1.14. The number of methoxy groups -OCH3 is 1. The summed E-state index contributed by atoms with van der Waals surface area (Å²) in [7, 11) is 1.74. The molecule has 1 aromatic carbocycles. The minimum absolute atomic E-state index is 0.109. The lowest BCUT2D eigenvalue weighted by Crippen LogP contribution is -2.51. The zero-order valence-corrected chi connectivity index (χ0v) is 13.1. The molecule has 0 radical (unpaired) electrons. The van der Waals surface area contributed by atoms with Crippen LogP contribution in [0, 0.1) is 0 Å². The average Bonchev–Trinajstić information content (AvgIpc) is 2.50. The smallest absolute Gasteiger partial charge is 0.124 e. The van der Waals surface area contributed by atoms with Crippen molar-refractivity contribution < 1.29 is 14.2 Å². The number of hydrogen-bond donors (Lipinski definition) is 2. The summed E-state index contributed by atoms with van der Waals surface area (Å²) in [4.78, 5) is 0. The monoisotopic (exact) mass is 294 g/mol. The Morgan fingerprint density at radius 3 is 2.48 bits per heavy atom. The largest absolute Gasteiger partial charge is 0.491 e. The Labute approximate surface area is 126 Å². The SMILES string of the molecule is COC1(C(NN)c2ccccc2OC(C)C)CCOCC1. The highest BCUT2D eigenvalue weighted by atomic mass is 16.5. The molecule has 0 aliphatic carbocycles. The molecule has 5 nitrogen and oxygen atoms in total. The third-order valence-corrected chi connectivity index (χ3v) is 4.03. The van der Waals surface area contributed by atoms with Gasteiger partial charge in [0, 0.05) is 38.7 Å². The maximum Gasteiger partial charge on any atom is 0.124 e. The van der Waals surface area contributed by atoms with E-state index in [1.165, 1.54) is 0 Å². The first kappa shape index (κ1) is 16.2. The summed E-state index contributed by atoms with van der Waals surface area (Å²) in [5.41, 5.74) is 3.59. The highest BCUT2D eigenvalue weighted by molar-refractivity contribution is 5.38. The van der Waals surface area contributed by atoms with Crippen molar-refractivity contribution in [1.29, 1.82) is 0 Å². The van der Waals surface area contributed by atoms with Gasteiger partial charge in [0.1, 0.15) is 5.75 Å². The number of hydrogen-bond acceptors (Lipinski definition) is 5. The maximum atomic E-state index is 5.93. The zero-order chi connectivity index (χ0) is 15.3. The Morgan fingerprint density at radius 1 is 1.24 bits per heavy atom. The van der Waals surface area contributed by atoms with Crippen LogP contribution in [0.2, 0.25) is 0 Å². The standard InChI is InChI=1S/C16H26N2O3/c1-12(2)21-14-7-5-4-6-13(14)15(18-17)16(19-3)8-10-20-11-9-16/h4-7,12,15,18H,8-11,17H2,1-3H3. The minimum atomic E-state index is -0.372. The van der Waals surface area contributed by atoms with Gasteiger partial charge in [-0.05, 0) is 19.9 Å². The molecule has 5 heteroatoms. The van der Waals surface area contributed by atoms with E-state index in [4.69, 9.17) is 20.1 Å². The lowest BCUT2D eigenvalue weighted by Gasteiger charge is -2.42. The summed E-state index contributed by atoms with van der Waals surface area (Å²) in [5.74, 6) is 6.72. The third-order valence-electron chi connectivity index (χ3n) is 4.03. The number of benzene rings is 1. The molecule has 1 fully saturated rings. The summed E-state index contributed by atoms with van der Waals surface area (Å²) in [6, 6.07) is 7.84. The van der Waals surface area contributed by atoms with Crippen molar-refractivity contribution >= 4 is 0 Å².